The molecule has 1 saturated carbocycles. The van der Waals surface area contributed by atoms with E-state index in [0.29, 0.717) is 19.3 Å². The van der Waals surface area contributed by atoms with Crippen LogP contribution < -0.4 is 0 Å². The molecule has 15 heavy (non-hydrogen) atoms. The number of hydrogen-bond acceptors (Lipinski definition) is 4. The fourth-order valence-electron chi connectivity index (χ4n) is 2.69. The van der Waals surface area contributed by atoms with Crippen molar-refractivity contribution < 1.29 is 24.2 Å². The molecular weight excluding hydrogens is 200 g/mol. The van der Waals surface area contributed by atoms with Crippen LogP contribution in [0.15, 0.2) is 0 Å². The van der Waals surface area contributed by atoms with E-state index in [0.717, 1.165) is 0 Å². The van der Waals surface area contributed by atoms with Crippen molar-refractivity contribution in [3.8, 4) is 0 Å². The summed E-state index contributed by atoms with van der Waals surface area (Å²) in [6.07, 6.45) is 1.39. The minimum atomic E-state index is -0.869. The summed E-state index contributed by atoms with van der Waals surface area (Å²) in [6.45, 7) is 0.496. The van der Waals surface area contributed by atoms with Crippen LogP contribution in [0.2, 0.25) is 0 Å². The van der Waals surface area contributed by atoms with Crippen molar-refractivity contribution >= 4 is 11.9 Å². The summed E-state index contributed by atoms with van der Waals surface area (Å²) in [4.78, 5) is 22.8. The molecular formula is C10H14O5. The smallest absolute Gasteiger partial charge is 0.314 e. The summed E-state index contributed by atoms with van der Waals surface area (Å²) in [5, 5.41) is 9.15. The van der Waals surface area contributed by atoms with Crippen LogP contribution in [0.5, 0.6) is 0 Å². The van der Waals surface area contributed by atoms with Crippen molar-refractivity contribution in [3.63, 3.8) is 0 Å². The standard InChI is InChI=1S/C10H14O5/c1-14-8(13)10-3-2-9(4-10,7(11)12)5-15-6-10/h2-6H2,1H3,(H,11,12). The molecule has 1 saturated heterocycles. The Hall–Kier alpha value is -1.10. The van der Waals surface area contributed by atoms with E-state index in [2.05, 4.69) is 0 Å². The maximum atomic E-state index is 11.6. The van der Waals surface area contributed by atoms with Gasteiger partial charge in [-0.3, -0.25) is 9.59 Å². The molecule has 2 unspecified atom stereocenters. The average Bonchev–Trinajstić information content (AvgIpc) is 2.52. The number of carbonyl (C=O) groups is 2. The third kappa shape index (κ3) is 1.33. The Balaban J connectivity index is 2.27. The molecule has 2 atom stereocenters. The predicted molar refractivity (Wildman–Crippen MR) is 49.2 cm³/mol. The van der Waals surface area contributed by atoms with Gasteiger partial charge in [0, 0.05) is 0 Å². The van der Waals surface area contributed by atoms with Gasteiger partial charge in [0.2, 0.25) is 0 Å². The highest BCUT2D eigenvalue weighted by Gasteiger charge is 2.60. The Labute approximate surface area is 87.4 Å². The number of carbonyl (C=O) groups excluding carboxylic acids is 1. The van der Waals surface area contributed by atoms with E-state index in [1.807, 2.05) is 0 Å². The molecule has 1 aliphatic carbocycles. The number of hydrogen-bond donors (Lipinski definition) is 1. The van der Waals surface area contributed by atoms with E-state index in [1.54, 1.807) is 0 Å². The quantitative estimate of drug-likeness (QED) is 0.675. The first-order valence-corrected chi connectivity index (χ1v) is 4.94. The number of fused-ring (bicyclic) bond motifs is 2. The summed E-state index contributed by atoms with van der Waals surface area (Å²) in [7, 11) is 1.33. The summed E-state index contributed by atoms with van der Waals surface area (Å²) < 4.78 is 9.99. The van der Waals surface area contributed by atoms with Crippen molar-refractivity contribution in [2.75, 3.05) is 20.3 Å². The van der Waals surface area contributed by atoms with E-state index in [4.69, 9.17) is 14.6 Å². The number of esters is 1. The van der Waals surface area contributed by atoms with Crippen LogP contribution in [0.3, 0.4) is 0 Å². The van der Waals surface area contributed by atoms with E-state index in [1.165, 1.54) is 7.11 Å². The lowest BCUT2D eigenvalue weighted by Crippen LogP contribution is -2.45. The van der Waals surface area contributed by atoms with Gasteiger partial charge in [0.15, 0.2) is 0 Å². The van der Waals surface area contributed by atoms with Crippen molar-refractivity contribution in [2.24, 2.45) is 10.8 Å². The number of methoxy groups -OCH3 is 1. The molecule has 84 valence electrons. The van der Waals surface area contributed by atoms with Crippen LogP contribution in [0.25, 0.3) is 0 Å². The van der Waals surface area contributed by atoms with Gasteiger partial charge in [-0.05, 0) is 19.3 Å². The molecule has 0 aromatic carbocycles. The van der Waals surface area contributed by atoms with Gasteiger partial charge in [-0.1, -0.05) is 0 Å². The molecule has 2 rings (SSSR count). The first-order valence-electron chi connectivity index (χ1n) is 4.94. The lowest BCUT2D eigenvalue weighted by Gasteiger charge is -2.34. The minimum Gasteiger partial charge on any atom is -0.481 e. The Morgan fingerprint density at radius 2 is 1.87 bits per heavy atom. The molecule has 2 aliphatic rings. The Morgan fingerprint density at radius 1 is 1.27 bits per heavy atom. The van der Waals surface area contributed by atoms with E-state index < -0.39 is 16.8 Å². The molecule has 2 bridgehead atoms. The summed E-state index contributed by atoms with van der Waals surface area (Å²) in [6, 6.07) is 0. The van der Waals surface area contributed by atoms with Crippen molar-refractivity contribution in [1.29, 1.82) is 0 Å². The Bertz CT molecular complexity index is 313. The first-order chi connectivity index (χ1) is 7.05. The minimum absolute atomic E-state index is 0.209. The van der Waals surface area contributed by atoms with Crippen LogP contribution in [-0.4, -0.2) is 37.4 Å². The largest absolute Gasteiger partial charge is 0.481 e. The highest BCUT2D eigenvalue weighted by Crippen LogP contribution is 2.53. The van der Waals surface area contributed by atoms with Gasteiger partial charge >= 0.3 is 11.9 Å². The number of ether oxygens (including phenoxy) is 2. The lowest BCUT2D eigenvalue weighted by molar-refractivity contribution is -0.170. The molecule has 5 nitrogen and oxygen atoms in total. The van der Waals surface area contributed by atoms with Gasteiger partial charge in [0.25, 0.3) is 0 Å². The number of rotatable bonds is 2. The highest BCUT2D eigenvalue weighted by molar-refractivity contribution is 5.82. The monoisotopic (exact) mass is 214 g/mol. The molecule has 0 amide bonds. The molecule has 2 fully saturated rings. The zero-order valence-electron chi connectivity index (χ0n) is 8.62. The molecule has 0 aromatic rings. The fourth-order valence-corrected chi connectivity index (χ4v) is 2.69. The second kappa shape index (κ2) is 3.20. The topological polar surface area (TPSA) is 72.8 Å². The highest BCUT2D eigenvalue weighted by atomic mass is 16.5. The average molecular weight is 214 g/mol. The number of carboxylic acid groups (broad SMARTS) is 1. The second-order valence-electron chi connectivity index (χ2n) is 4.53. The number of carboxylic acids is 1. The third-order valence-corrected chi connectivity index (χ3v) is 3.59. The molecule has 5 heteroatoms. The summed E-state index contributed by atoms with van der Waals surface area (Å²) in [5.41, 5.74) is -1.59. The maximum absolute atomic E-state index is 11.6. The lowest BCUT2D eigenvalue weighted by atomic mass is 9.78. The molecule has 1 N–H and O–H groups in total. The van der Waals surface area contributed by atoms with Gasteiger partial charge in [-0.2, -0.15) is 0 Å². The number of aliphatic carboxylic acids is 1. The van der Waals surface area contributed by atoms with Gasteiger partial charge < -0.3 is 14.6 Å². The Kier molecular flexibility index (Phi) is 2.22. The molecule has 1 heterocycles. The van der Waals surface area contributed by atoms with Crippen molar-refractivity contribution in [1.82, 2.24) is 0 Å². The van der Waals surface area contributed by atoms with E-state index in [-0.39, 0.29) is 19.2 Å². The predicted octanol–water partition coefficient (Wildman–Crippen LogP) is 0.431. The SMILES string of the molecule is COC(=O)C12CCC(C(=O)O)(COC1)C2. The molecule has 1 aliphatic heterocycles. The van der Waals surface area contributed by atoms with Gasteiger partial charge in [0.1, 0.15) is 0 Å². The van der Waals surface area contributed by atoms with E-state index in [9.17, 15) is 9.59 Å². The van der Waals surface area contributed by atoms with Crippen LogP contribution in [0.1, 0.15) is 19.3 Å². The van der Waals surface area contributed by atoms with E-state index >= 15 is 0 Å². The third-order valence-electron chi connectivity index (χ3n) is 3.59. The van der Waals surface area contributed by atoms with Gasteiger partial charge in [0.05, 0.1) is 31.2 Å². The van der Waals surface area contributed by atoms with Gasteiger partial charge in [-0.25, -0.2) is 0 Å². The molecule has 0 spiro atoms. The van der Waals surface area contributed by atoms with Crippen LogP contribution in [0, 0.1) is 10.8 Å². The molecule has 0 aromatic heterocycles. The summed E-state index contributed by atoms with van der Waals surface area (Å²) in [5.74, 6) is -1.21. The van der Waals surface area contributed by atoms with Crippen molar-refractivity contribution in [3.05, 3.63) is 0 Å². The zero-order chi connectivity index (χ0) is 11.1. The van der Waals surface area contributed by atoms with Gasteiger partial charge in [-0.15, -0.1) is 0 Å². The fraction of sp³-hybridized carbons (Fsp3) is 0.800. The normalized spacial score (nSPS) is 38.7. The van der Waals surface area contributed by atoms with Crippen LogP contribution in [-0.2, 0) is 19.1 Å². The van der Waals surface area contributed by atoms with Crippen LogP contribution in [0.4, 0.5) is 0 Å². The first kappa shape index (κ1) is 10.4. The van der Waals surface area contributed by atoms with Crippen molar-refractivity contribution in [2.45, 2.75) is 19.3 Å². The Morgan fingerprint density at radius 3 is 2.47 bits per heavy atom. The van der Waals surface area contributed by atoms with Crippen LogP contribution >= 0.6 is 0 Å². The zero-order valence-corrected chi connectivity index (χ0v) is 8.62. The maximum Gasteiger partial charge on any atom is 0.314 e. The second-order valence-corrected chi connectivity index (χ2v) is 4.53. The molecule has 0 radical (unpaired) electrons. The summed E-state index contributed by atoms with van der Waals surface area (Å²) >= 11 is 0.